The molecule has 4 heteroatoms. The molecule has 0 rings (SSSR count). The topological polar surface area (TPSA) is 41.6 Å². The van der Waals surface area contributed by atoms with Crippen molar-refractivity contribution in [2.75, 3.05) is 34.3 Å². The number of likely N-dealkylation sites (N-methyl/N-ethyl adjacent to an activating group) is 1. The summed E-state index contributed by atoms with van der Waals surface area (Å²) < 4.78 is 5.04. The third-order valence-corrected chi connectivity index (χ3v) is 2.56. The Morgan fingerprint density at radius 2 is 2.07 bits per heavy atom. The molecule has 0 aromatic heterocycles. The summed E-state index contributed by atoms with van der Waals surface area (Å²) in [6.07, 6.45) is 1.77. The highest BCUT2D eigenvalue weighted by Crippen LogP contribution is 2.14. The fourth-order valence-corrected chi connectivity index (χ4v) is 1.37. The average molecular weight is 216 g/mol. The molecule has 0 heterocycles. The summed E-state index contributed by atoms with van der Waals surface area (Å²) in [5, 5.41) is 3.04. The molecule has 0 fully saturated rings. The number of carbonyl (C=O) groups excluding carboxylic acids is 1. The van der Waals surface area contributed by atoms with Crippen LogP contribution in [0.1, 0.15) is 26.7 Å². The minimum absolute atomic E-state index is 0.161. The van der Waals surface area contributed by atoms with Crippen LogP contribution in [0.3, 0.4) is 0 Å². The van der Waals surface area contributed by atoms with Crippen LogP contribution in [0.15, 0.2) is 0 Å². The molecule has 0 amide bonds. The highest BCUT2D eigenvalue weighted by molar-refractivity contribution is 5.80. The van der Waals surface area contributed by atoms with Crippen molar-refractivity contribution in [2.24, 2.45) is 0 Å². The van der Waals surface area contributed by atoms with Crippen LogP contribution in [-0.4, -0.2) is 50.7 Å². The third kappa shape index (κ3) is 5.14. The van der Waals surface area contributed by atoms with Gasteiger partial charge in [-0.25, -0.2) is 0 Å². The van der Waals surface area contributed by atoms with Crippen LogP contribution in [-0.2, 0) is 9.53 Å². The van der Waals surface area contributed by atoms with Gasteiger partial charge in [0.1, 0.15) is 5.54 Å². The molecule has 0 saturated carbocycles. The van der Waals surface area contributed by atoms with E-state index in [1.54, 1.807) is 7.05 Å². The molecule has 90 valence electrons. The molecule has 0 aliphatic heterocycles. The number of ether oxygens (including phenoxy) is 1. The lowest BCUT2D eigenvalue weighted by Gasteiger charge is -2.27. The number of rotatable bonds is 7. The Balaban J connectivity index is 4.12. The van der Waals surface area contributed by atoms with Crippen molar-refractivity contribution in [3.8, 4) is 0 Å². The Kier molecular flexibility index (Phi) is 6.52. The highest BCUT2D eigenvalue weighted by Gasteiger charge is 2.32. The van der Waals surface area contributed by atoms with E-state index in [0.717, 1.165) is 19.4 Å². The Morgan fingerprint density at radius 3 is 2.47 bits per heavy atom. The first-order valence-corrected chi connectivity index (χ1v) is 5.47. The minimum Gasteiger partial charge on any atom is -0.465 e. The van der Waals surface area contributed by atoms with E-state index in [-0.39, 0.29) is 5.97 Å². The second-order valence-electron chi connectivity index (χ2n) is 4.21. The molecule has 0 spiro atoms. The van der Waals surface area contributed by atoms with Crippen LogP contribution in [0.2, 0.25) is 0 Å². The minimum atomic E-state index is -0.550. The molecule has 0 aromatic carbocycles. The Morgan fingerprint density at radius 1 is 1.47 bits per heavy atom. The highest BCUT2D eigenvalue weighted by atomic mass is 16.5. The maximum absolute atomic E-state index is 11.7. The van der Waals surface area contributed by atoms with Gasteiger partial charge in [-0.05, 0) is 54.4 Å². The maximum Gasteiger partial charge on any atom is 0.326 e. The van der Waals surface area contributed by atoms with Gasteiger partial charge in [-0.15, -0.1) is 0 Å². The summed E-state index contributed by atoms with van der Waals surface area (Å²) in [6.45, 7) is 5.13. The van der Waals surface area contributed by atoms with Crippen LogP contribution >= 0.6 is 0 Å². The standard InChI is InChI=1S/C11H24N2O2/c1-6-15-10(14)11(2,12-3)8-7-9-13(4)5/h12H,6-9H2,1-5H3. The fourth-order valence-electron chi connectivity index (χ4n) is 1.37. The van der Waals surface area contributed by atoms with Crippen LogP contribution < -0.4 is 5.32 Å². The van der Waals surface area contributed by atoms with Crippen molar-refractivity contribution >= 4 is 5.97 Å². The van der Waals surface area contributed by atoms with Crippen molar-refractivity contribution in [3.63, 3.8) is 0 Å². The van der Waals surface area contributed by atoms with Crippen LogP contribution in [0, 0.1) is 0 Å². The van der Waals surface area contributed by atoms with Crippen molar-refractivity contribution < 1.29 is 9.53 Å². The van der Waals surface area contributed by atoms with E-state index >= 15 is 0 Å². The Hall–Kier alpha value is -0.610. The van der Waals surface area contributed by atoms with E-state index in [1.165, 1.54) is 0 Å². The number of hydrogen-bond acceptors (Lipinski definition) is 4. The average Bonchev–Trinajstić information content (AvgIpc) is 2.17. The van der Waals surface area contributed by atoms with Gasteiger partial charge >= 0.3 is 5.97 Å². The summed E-state index contributed by atoms with van der Waals surface area (Å²) in [5.41, 5.74) is -0.550. The predicted molar refractivity (Wildman–Crippen MR) is 61.9 cm³/mol. The van der Waals surface area contributed by atoms with Crippen molar-refractivity contribution in [3.05, 3.63) is 0 Å². The normalized spacial score (nSPS) is 15.1. The Bertz CT molecular complexity index is 195. The van der Waals surface area contributed by atoms with Crippen LogP contribution in [0.5, 0.6) is 0 Å². The molecular formula is C11H24N2O2. The van der Waals surface area contributed by atoms with Gasteiger partial charge < -0.3 is 15.0 Å². The molecule has 0 aliphatic carbocycles. The zero-order chi connectivity index (χ0) is 11.9. The Labute approximate surface area is 93.0 Å². The van der Waals surface area contributed by atoms with E-state index < -0.39 is 5.54 Å². The van der Waals surface area contributed by atoms with Gasteiger partial charge in [0.15, 0.2) is 0 Å². The summed E-state index contributed by atoms with van der Waals surface area (Å²) in [7, 11) is 5.86. The summed E-state index contributed by atoms with van der Waals surface area (Å²) in [4.78, 5) is 13.8. The van der Waals surface area contributed by atoms with Crippen molar-refractivity contribution in [1.82, 2.24) is 10.2 Å². The first-order valence-electron chi connectivity index (χ1n) is 5.47. The second kappa shape index (κ2) is 6.80. The summed E-state index contributed by atoms with van der Waals surface area (Å²) in [5.74, 6) is -0.161. The molecule has 0 aromatic rings. The van der Waals surface area contributed by atoms with Gasteiger partial charge in [-0.3, -0.25) is 4.79 Å². The maximum atomic E-state index is 11.7. The van der Waals surface area contributed by atoms with Gasteiger partial charge in [0, 0.05) is 0 Å². The number of nitrogens with zero attached hydrogens (tertiary/aromatic N) is 1. The van der Waals surface area contributed by atoms with E-state index in [9.17, 15) is 4.79 Å². The molecule has 0 aliphatic rings. The van der Waals surface area contributed by atoms with E-state index in [1.807, 2.05) is 27.9 Å². The fraction of sp³-hybridized carbons (Fsp3) is 0.909. The first-order chi connectivity index (χ1) is 6.96. The van der Waals surface area contributed by atoms with Crippen LogP contribution in [0.25, 0.3) is 0 Å². The quantitative estimate of drug-likeness (QED) is 0.641. The molecule has 4 nitrogen and oxygen atoms in total. The zero-order valence-corrected chi connectivity index (χ0v) is 10.6. The van der Waals surface area contributed by atoms with Gasteiger partial charge in [0.2, 0.25) is 0 Å². The van der Waals surface area contributed by atoms with Gasteiger partial charge in [0.05, 0.1) is 6.61 Å². The first kappa shape index (κ1) is 14.4. The van der Waals surface area contributed by atoms with Crippen molar-refractivity contribution in [1.29, 1.82) is 0 Å². The SMILES string of the molecule is CCOC(=O)C(C)(CCCN(C)C)NC. The van der Waals surface area contributed by atoms with Gasteiger partial charge in [0.25, 0.3) is 0 Å². The monoisotopic (exact) mass is 216 g/mol. The van der Waals surface area contributed by atoms with Gasteiger partial charge in [-0.2, -0.15) is 0 Å². The molecule has 0 bridgehead atoms. The predicted octanol–water partition coefficient (Wildman–Crippen LogP) is 0.869. The smallest absolute Gasteiger partial charge is 0.326 e. The number of nitrogens with one attached hydrogen (secondary N) is 1. The third-order valence-electron chi connectivity index (χ3n) is 2.56. The number of hydrogen-bond donors (Lipinski definition) is 1. The number of carbonyl (C=O) groups is 1. The van der Waals surface area contributed by atoms with E-state index in [4.69, 9.17) is 4.74 Å². The van der Waals surface area contributed by atoms with E-state index in [0.29, 0.717) is 6.61 Å². The summed E-state index contributed by atoms with van der Waals surface area (Å²) >= 11 is 0. The molecule has 0 radical (unpaired) electrons. The van der Waals surface area contributed by atoms with E-state index in [2.05, 4.69) is 10.2 Å². The lowest BCUT2D eigenvalue weighted by Crippen LogP contribution is -2.48. The van der Waals surface area contributed by atoms with Gasteiger partial charge in [-0.1, -0.05) is 0 Å². The molecule has 15 heavy (non-hydrogen) atoms. The second-order valence-corrected chi connectivity index (χ2v) is 4.21. The molecule has 1 atom stereocenters. The number of esters is 1. The zero-order valence-electron chi connectivity index (χ0n) is 10.6. The largest absolute Gasteiger partial charge is 0.465 e. The molecule has 1 N–H and O–H groups in total. The molecular weight excluding hydrogens is 192 g/mol. The molecule has 0 saturated heterocycles. The molecule has 1 unspecified atom stereocenters. The lowest BCUT2D eigenvalue weighted by molar-refractivity contribution is -0.150. The van der Waals surface area contributed by atoms with Crippen molar-refractivity contribution in [2.45, 2.75) is 32.2 Å². The lowest BCUT2D eigenvalue weighted by atomic mass is 9.96. The van der Waals surface area contributed by atoms with Crippen LogP contribution in [0.4, 0.5) is 0 Å². The summed E-state index contributed by atoms with van der Waals surface area (Å²) in [6, 6.07) is 0.